The highest BCUT2D eigenvalue weighted by Crippen LogP contribution is 2.32. The van der Waals surface area contributed by atoms with Crippen molar-refractivity contribution in [3.63, 3.8) is 0 Å². The van der Waals surface area contributed by atoms with E-state index >= 15 is 0 Å². The van der Waals surface area contributed by atoms with E-state index < -0.39 is 0 Å². The van der Waals surface area contributed by atoms with Gasteiger partial charge in [0.25, 0.3) is 0 Å². The van der Waals surface area contributed by atoms with Gasteiger partial charge in [-0.25, -0.2) is 14.4 Å². The average molecular weight is 473 g/mol. The van der Waals surface area contributed by atoms with Gasteiger partial charge in [-0.3, -0.25) is 4.79 Å². The zero-order chi connectivity index (χ0) is 23.8. The molecule has 1 saturated heterocycles. The maximum absolute atomic E-state index is 13.3. The number of fused-ring (bicyclic) bond motifs is 2. The van der Waals surface area contributed by atoms with Crippen molar-refractivity contribution in [1.82, 2.24) is 29.9 Å². The summed E-state index contributed by atoms with van der Waals surface area (Å²) in [6, 6.07) is 11.5. The van der Waals surface area contributed by atoms with Crippen LogP contribution >= 0.6 is 0 Å². The van der Waals surface area contributed by atoms with Crippen LogP contribution in [0.25, 0.3) is 22.9 Å². The van der Waals surface area contributed by atoms with Gasteiger partial charge >= 0.3 is 0 Å². The van der Waals surface area contributed by atoms with Crippen LogP contribution in [0, 0.1) is 5.82 Å². The molecule has 0 spiro atoms. The van der Waals surface area contributed by atoms with E-state index in [2.05, 4.69) is 25.2 Å². The van der Waals surface area contributed by atoms with Gasteiger partial charge in [0, 0.05) is 32.3 Å². The van der Waals surface area contributed by atoms with Crippen molar-refractivity contribution in [3.05, 3.63) is 66.2 Å². The quantitative estimate of drug-likeness (QED) is 0.417. The van der Waals surface area contributed by atoms with Crippen molar-refractivity contribution in [1.29, 1.82) is 0 Å². The van der Waals surface area contributed by atoms with Gasteiger partial charge in [0.05, 0.1) is 5.69 Å². The van der Waals surface area contributed by atoms with E-state index in [-0.39, 0.29) is 18.5 Å². The predicted molar refractivity (Wildman–Crippen MR) is 125 cm³/mol. The molecular weight excluding hydrogens is 453 g/mol. The van der Waals surface area contributed by atoms with Crippen LogP contribution in [0.3, 0.4) is 0 Å². The van der Waals surface area contributed by atoms with Gasteiger partial charge in [0.2, 0.25) is 12.7 Å². The van der Waals surface area contributed by atoms with E-state index in [0.717, 1.165) is 5.56 Å². The Kier molecular flexibility index (Phi) is 5.21. The maximum atomic E-state index is 13.3. The molecular formula is C24H20FN7O3. The molecule has 0 saturated carbocycles. The number of carbonyl (C=O) groups excluding carboxylic acids is 1. The van der Waals surface area contributed by atoms with Gasteiger partial charge in [-0.05, 0) is 48.0 Å². The van der Waals surface area contributed by atoms with Crippen LogP contribution in [0.5, 0.6) is 11.5 Å². The van der Waals surface area contributed by atoms with Gasteiger partial charge in [0.1, 0.15) is 12.1 Å². The van der Waals surface area contributed by atoms with Crippen molar-refractivity contribution in [2.75, 3.05) is 37.9 Å². The molecule has 35 heavy (non-hydrogen) atoms. The molecule has 2 aliphatic heterocycles. The number of halogens is 1. The highest BCUT2D eigenvalue weighted by molar-refractivity contribution is 5.92. The molecule has 2 aromatic carbocycles. The Bertz CT molecular complexity index is 1430. The Hall–Kier alpha value is -4.54. The summed E-state index contributed by atoms with van der Waals surface area (Å²) in [5.41, 5.74) is 2.61. The van der Waals surface area contributed by atoms with Crippen molar-refractivity contribution < 1.29 is 18.7 Å². The lowest BCUT2D eigenvalue weighted by molar-refractivity contribution is -0.126. The molecule has 0 aliphatic carbocycles. The van der Waals surface area contributed by atoms with Crippen LogP contribution in [0.4, 0.5) is 10.2 Å². The highest BCUT2D eigenvalue weighted by atomic mass is 19.1. The Morgan fingerprint density at radius 2 is 1.77 bits per heavy atom. The SMILES string of the molecule is O=C(C=Cc1ccc2c(c1)OCO2)N1CCN(c2ncnc3c2nnn3-c2ccc(F)cc2)CC1. The summed E-state index contributed by atoms with van der Waals surface area (Å²) < 4.78 is 25.6. The van der Waals surface area contributed by atoms with Crippen molar-refractivity contribution in [2.45, 2.75) is 0 Å². The summed E-state index contributed by atoms with van der Waals surface area (Å²) in [5.74, 6) is 1.66. The van der Waals surface area contributed by atoms with E-state index in [0.29, 0.717) is 60.3 Å². The van der Waals surface area contributed by atoms with E-state index in [4.69, 9.17) is 9.47 Å². The molecule has 0 bridgehead atoms. The number of ether oxygens (including phenoxy) is 2. The largest absolute Gasteiger partial charge is 0.454 e. The first-order valence-corrected chi connectivity index (χ1v) is 11.1. The lowest BCUT2D eigenvalue weighted by atomic mass is 10.2. The molecule has 176 valence electrons. The second-order valence-electron chi connectivity index (χ2n) is 8.11. The number of nitrogens with zero attached hydrogens (tertiary/aromatic N) is 7. The van der Waals surface area contributed by atoms with Crippen LogP contribution in [0.15, 0.2) is 54.9 Å². The first-order valence-electron chi connectivity index (χ1n) is 11.1. The molecule has 1 amide bonds. The van der Waals surface area contributed by atoms with Gasteiger partial charge in [-0.2, -0.15) is 4.68 Å². The van der Waals surface area contributed by atoms with Crippen LogP contribution in [-0.2, 0) is 4.79 Å². The number of piperazine rings is 1. The Labute approximate surface area is 199 Å². The first-order chi connectivity index (χ1) is 17.2. The molecule has 2 aromatic heterocycles. The normalized spacial score (nSPS) is 15.3. The molecule has 4 aromatic rings. The fourth-order valence-electron chi connectivity index (χ4n) is 4.15. The monoisotopic (exact) mass is 473 g/mol. The third kappa shape index (κ3) is 4.01. The fourth-order valence-corrected chi connectivity index (χ4v) is 4.15. The van der Waals surface area contributed by atoms with Gasteiger partial charge in [0.15, 0.2) is 28.5 Å². The van der Waals surface area contributed by atoms with Gasteiger partial charge < -0.3 is 19.3 Å². The summed E-state index contributed by atoms with van der Waals surface area (Å²) in [5, 5.41) is 8.47. The second-order valence-corrected chi connectivity index (χ2v) is 8.11. The summed E-state index contributed by atoms with van der Waals surface area (Å²) in [7, 11) is 0. The molecule has 0 radical (unpaired) electrons. The number of amides is 1. The third-order valence-electron chi connectivity index (χ3n) is 6.00. The molecule has 0 atom stereocenters. The second kappa shape index (κ2) is 8.67. The lowest BCUT2D eigenvalue weighted by Crippen LogP contribution is -2.48. The molecule has 0 N–H and O–H groups in total. The van der Waals surface area contributed by atoms with Gasteiger partial charge in [-0.1, -0.05) is 11.3 Å². The Balaban J connectivity index is 1.14. The van der Waals surface area contributed by atoms with E-state index in [1.807, 2.05) is 18.2 Å². The molecule has 1 fully saturated rings. The number of benzene rings is 2. The van der Waals surface area contributed by atoms with Crippen molar-refractivity contribution >= 4 is 29.0 Å². The minimum atomic E-state index is -0.327. The summed E-state index contributed by atoms with van der Waals surface area (Å²) >= 11 is 0. The summed E-state index contributed by atoms with van der Waals surface area (Å²) in [4.78, 5) is 25.4. The van der Waals surface area contributed by atoms with Crippen molar-refractivity contribution in [2.24, 2.45) is 0 Å². The molecule has 11 heteroatoms. The number of carbonyl (C=O) groups is 1. The van der Waals surface area contributed by atoms with Crippen LogP contribution < -0.4 is 14.4 Å². The standard InChI is InChI=1S/C24H20FN7O3/c25-17-3-5-18(6-4-17)32-24-22(28-29-32)23(26-14-27-24)31-11-9-30(10-12-31)21(33)8-2-16-1-7-19-20(13-16)35-15-34-19/h1-8,13-14H,9-12,15H2. The zero-order valence-corrected chi connectivity index (χ0v) is 18.5. The fraction of sp³-hybridized carbons (Fsp3) is 0.208. The van der Waals surface area contributed by atoms with E-state index in [1.54, 1.807) is 33.9 Å². The minimum Gasteiger partial charge on any atom is -0.454 e. The molecule has 4 heterocycles. The maximum Gasteiger partial charge on any atom is 0.246 e. The Morgan fingerprint density at radius 3 is 2.60 bits per heavy atom. The van der Waals surface area contributed by atoms with Crippen LogP contribution in [0.2, 0.25) is 0 Å². The van der Waals surface area contributed by atoms with Crippen LogP contribution in [-0.4, -0.2) is 68.7 Å². The summed E-state index contributed by atoms with van der Waals surface area (Å²) in [6.45, 7) is 2.50. The smallest absolute Gasteiger partial charge is 0.246 e. The van der Waals surface area contributed by atoms with E-state index in [9.17, 15) is 9.18 Å². The summed E-state index contributed by atoms with van der Waals surface area (Å²) in [6.07, 6.45) is 4.81. The number of anilines is 1. The first kappa shape index (κ1) is 21.0. The highest BCUT2D eigenvalue weighted by Gasteiger charge is 2.24. The van der Waals surface area contributed by atoms with E-state index in [1.165, 1.54) is 18.5 Å². The van der Waals surface area contributed by atoms with Gasteiger partial charge in [-0.15, -0.1) is 5.10 Å². The van der Waals surface area contributed by atoms with Crippen LogP contribution in [0.1, 0.15) is 5.56 Å². The molecule has 0 unspecified atom stereocenters. The minimum absolute atomic E-state index is 0.0580. The Morgan fingerprint density at radius 1 is 0.971 bits per heavy atom. The molecule has 2 aliphatic rings. The molecule has 10 nitrogen and oxygen atoms in total. The topological polar surface area (TPSA) is 98.5 Å². The average Bonchev–Trinajstić information content (AvgIpc) is 3.55. The number of aromatic nitrogens is 5. The lowest BCUT2D eigenvalue weighted by Gasteiger charge is -2.34. The zero-order valence-electron chi connectivity index (χ0n) is 18.5. The molecule has 6 rings (SSSR count). The van der Waals surface area contributed by atoms with Crippen molar-refractivity contribution in [3.8, 4) is 17.2 Å². The number of hydrogen-bond acceptors (Lipinski definition) is 8. The number of rotatable bonds is 4. The number of hydrogen-bond donors (Lipinski definition) is 0. The third-order valence-corrected chi connectivity index (χ3v) is 6.00. The predicted octanol–water partition coefficient (Wildman–Crippen LogP) is 2.44.